The molecule has 0 saturated carbocycles. The third-order valence-electron chi connectivity index (χ3n) is 4.85. The lowest BCUT2D eigenvalue weighted by atomic mass is 10.2. The molecule has 1 aliphatic heterocycles. The topological polar surface area (TPSA) is 54.5 Å². The number of aromatic nitrogens is 1. The molecule has 2 aromatic rings. The van der Waals surface area contributed by atoms with Crippen LogP contribution in [-0.4, -0.2) is 47.1 Å². The number of aryl methyl sites for hydroxylation is 2. The smallest absolute Gasteiger partial charge is 0.292 e. The molecule has 0 atom stereocenters. The van der Waals surface area contributed by atoms with Gasteiger partial charge >= 0.3 is 0 Å². The van der Waals surface area contributed by atoms with E-state index in [1.54, 1.807) is 12.1 Å². The number of hydrogen-bond donors (Lipinski definition) is 0. The van der Waals surface area contributed by atoms with Crippen molar-refractivity contribution < 1.29 is 4.92 Å². The minimum atomic E-state index is -0.292. The number of nitro groups is 1. The molecule has 6 heteroatoms. The van der Waals surface area contributed by atoms with Crippen LogP contribution < -0.4 is 4.90 Å². The van der Waals surface area contributed by atoms with Gasteiger partial charge in [0.2, 0.25) is 0 Å². The Morgan fingerprint density at radius 2 is 1.58 bits per heavy atom. The molecule has 1 aliphatic rings. The standard InChI is InChI=1S/C18H24N4O2/c1-15-7-8-16(2)21(15)14-11-19-9-12-20(13-10-19)17-5-3-4-6-18(17)22(23)24/h3-8H,9-14H2,1-2H3. The van der Waals surface area contributed by atoms with Crippen molar-refractivity contribution >= 4 is 11.4 Å². The van der Waals surface area contributed by atoms with Crippen LogP contribution in [0.3, 0.4) is 0 Å². The first-order chi connectivity index (χ1) is 11.6. The van der Waals surface area contributed by atoms with Gasteiger partial charge in [-0.3, -0.25) is 15.0 Å². The summed E-state index contributed by atoms with van der Waals surface area (Å²) in [7, 11) is 0. The highest BCUT2D eigenvalue weighted by Gasteiger charge is 2.23. The molecule has 1 saturated heterocycles. The molecular weight excluding hydrogens is 304 g/mol. The zero-order chi connectivity index (χ0) is 17.1. The maximum absolute atomic E-state index is 11.2. The van der Waals surface area contributed by atoms with Crippen molar-refractivity contribution in [3.8, 4) is 0 Å². The van der Waals surface area contributed by atoms with Gasteiger partial charge in [-0.25, -0.2) is 0 Å². The lowest BCUT2D eigenvalue weighted by Crippen LogP contribution is -2.47. The Kier molecular flexibility index (Phi) is 4.85. The molecular formula is C18H24N4O2. The first-order valence-corrected chi connectivity index (χ1v) is 8.39. The predicted octanol–water partition coefficient (Wildman–Crippen LogP) is 2.84. The fourth-order valence-corrected chi connectivity index (χ4v) is 3.39. The average Bonchev–Trinajstić information content (AvgIpc) is 2.92. The van der Waals surface area contributed by atoms with Crippen LogP contribution in [0.1, 0.15) is 11.4 Å². The van der Waals surface area contributed by atoms with Gasteiger partial charge in [0.05, 0.1) is 4.92 Å². The third-order valence-corrected chi connectivity index (χ3v) is 4.85. The molecule has 2 heterocycles. The van der Waals surface area contributed by atoms with E-state index >= 15 is 0 Å². The second-order valence-electron chi connectivity index (χ2n) is 6.34. The second-order valence-corrected chi connectivity index (χ2v) is 6.34. The molecule has 0 radical (unpaired) electrons. The van der Waals surface area contributed by atoms with E-state index in [-0.39, 0.29) is 10.6 Å². The summed E-state index contributed by atoms with van der Waals surface area (Å²) < 4.78 is 2.34. The quantitative estimate of drug-likeness (QED) is 0.625. The number of nitrogens with zero attached hydrogens (tertiary/aromatic N) is 4. The molecule has 0 N–H and O–H groups in total. The normalized spacial score (nSPS) is 15.7. The van der Waals surface area contributed by atoms with Gasteiger partial charge in [-0.2, -0.15) is 0 Å². The Hall–Kier alpha value is -2.34. The van der Waals surface area contributed by atoms with Gasteiger partial charge in [-0.1, -0.05) is 12.1 Å². The van der Waals surface area contributed by atoms with Gasteiger partial charge in [0.1, 0.15) is 5.69 Å². The number of nitro benzene ring substituents is 1. The van der Waals surface area contributed by atoms with Crippen LogP contribution in [0.15, 0.2) is 36.4 Å². The van der Waals surface area contributed by atoms with Gasteiger partial charge in [-0.05, 0) is 32.0 Å². The van der Waals surface area contributed by atoms with Crippen LogP contribution in [0.2, 0.25) is 0 Å². The van der Waals surface area contributed by atoms with Crippen LogP contribution in [0.25, 0.3) is 0 Å². The van der Waals surface area contributed by atoms with Gasteiger partial charge in [0.15, 0.2) is 0 Å². The van der Waals surface area contributed by atoms with Crippen molar-refractivity contribution in [3.63, 3.8) is 0 Å². The SMILES string of the molecule is Cc1ccc(C)n1CCN1CCN(c2ccccc2[N+](=O)[O-])CC1. The monoisotopic (exact) mass is 328 g/mol. The molecule has 6 nitrogen and oxygen atoms in total. The number of rotatable bonds is 5. The fraction of sp³-hybridized carbons (Fsp3) is 0.444. The lowest BCUT2D eigenvalue weighted by Gasteiger charge is -2.36. The maximum Gasteiger partial charge on any atom is 0.292 e. The van der Waals surface area contributed by atoms with Crippen molar-refractivity contribution in [2.45, 2.75) is 20.4 Å². The molecule has 3 rings (SSSR count). The molecule has 0 aliphatic carbocycles. The summed E-state index contributed by atoms with van der Waals surface area (Å²) in [5.74, 6) is 0. The Bertz CT molecular complexity index is 698. The summed E-state index contributed by atoms with van der Waals surface area (Å²) in [5.41, 5.74) is 3.53. The number of hydrogen-bond acceptors (Lipinski definition) is 4. The van der Waals surface area contributed by atoms with E-state index in [0.717, 1.165) is 45.0 Å². The van der Waals surface area contributed by atoms with Crippen LogP contribution in [0, 0.1) is 24.0 Å². The van der Waals surface area contributed by atoms with Gasteiger partial charge in [0.25, 0.3) is 5.69 Å². The molecule has 128 valence electrons. The van der Waals surface area contributed by atoms with Crippen molar-refractivity contribution in [1.29, 1.82) is 0 Å². The molecule has 0 bridgehead atoms. The fourth-order valence-electron chi connectivity index (χ4n) is 3.39. The summed E-state index contributed by atoms with van der Waals surface area (Å²) in [6, 6.07) is 11.3. The van der Waals surface area contributed by atoms with E-state index in [1.165, 1.54) is 11.4 Å². The third kappa shape index (κ3) is 3.43. The molecule has 1 aromatic heterocycles. The van der Waals surface area contributed by atoms with E-state index < -0.39 is 0 Å². The number of piperazine rings is 1. The predicted molar refractivity (Wildman–Crippen MR) is 95.7 cm³/mol. The van der Waals surface area contributed by atoms with E-state index in [2.05, 4.69) is 40.3 Å². The first-order valence-electron chi connectivity index (χ1n) is 8.39. The Labute approximate surface area is 142 Å². The van der Waals surface area contributed by atoms with Gasteiger partial charge in [-0.15, -0.1) is 0 Å². The molecule has 0 unspecified atom stereocenters. The number of anilines is 1. The summed E-state index contributed by atoms with van der Waals surface area (Å²) >= 11 is 0. The average molecular weight is 328 g/mol. The van der Waals surface area contributed by atoms with Crippen molar-refractivity contribution in [2.24, 2.45) is 0 Å². The minimum Gasteiger partial charge on any atom is -0.363 e. The highest BCUT2D eigenvalue weighted by Crippen LogP contribution is 2.28. The van der Waals surface area contributed by atoms with Crippen molar-refractivity contribution in [1.82, 2.24) is 9.47 Å². The summed E-state index contributed by atoms with van der Waals surface area (Å²) in [6.07, 6.45) is 0. The maximum atomic E-state index is 11.2. The summed E-state index contributed by atoms with van der Waals surface area (Å²) in [6.45, 7) is 9.82. The molecule has 1 fully saturated rings. The number of benzene rings is 1. The largest absolute Gasteiger partial charge is 0.363 e. The second kappa shape index (κ2) is 7.05. The van der Waals surface area contributed by atoms with Gasteiger partial charge in [0, 0.05) is 56.7 Å². The highest BCUT2D eigenvalue weighted by atomic mass is 16.6. The summed E-state index contributed by atoms with van der Waals surface area (Å²) in [5, 5.41) is 11.2. The zero-order valence-corrected chi connectivity index (χ0v) is 14.3. The number of para-hydroxylation sites is 2. The highest BCUT2D eigenvalue weighted by molar-refractivity contribution is 5.63. The van der Waals surface area contributed by atoms with Crippen LogP contribution in [0.5, 0.6) is 0 Å². The molecule has 0 spiro atoms. The van der Waals surface area contributed by atoms with E-state index in [1.807, 2.05) is 12.1 Å². The van der Waals surface area contributed by atoms with E-state index in [9.17, 15) is 10.1 Å². The first kappa shape index (κ1) is 16.5. The van der Waals surface area contributed by atoms with E-state index in [4.69, 9.17) is 0 Å². The van der Waals surface area contributed by atoms with E-state index in [0.29, 0.717) is 0 Å². The van der Waals surface area contributed by atoms with Crippen LogP contribution >= 0.6 is 0 Å². The minimum absolute atomic E-state index is 0.199. The van der Waals surface area contributed by atoms with Gasteiger partial charge < -0.3 is 9.47 Å². The Morgan fingerprint density at radius 3 is 2.21 bits per heavy atom. The molecule has 24 heavy (non-hydrogen) atoms. The zero-order valence-electron chi connectivity index (χ0n) is 14.3. The van der Waals surface area contributed by atoms with Crippen LogP contribution in [-0.2, 0) is 6.54 Å². The molecule has 1 aromatic carbocycles. The Balaban J connectivity index is 1.57. The van der Waals surface area contributed by atoms with Crippen molar-refractivity contribution in [3.05, 3.63) is 57.9 Å². The van der Waals surface area contributed by atoms with Crippen LogP contribution in [0.4, 0.5) is 11.4 Å². The lowest BCUT2D eigenvalue weighted by molar-refractivity contribution is -0.384. The Morgan fingerprint density at radius 1 is 0.958 bits per heavy atom. The summed E-state index contributed by atoms with van der Waals surface area (Å²) in [4.78, 5) is 15.5. The molecule has 0 amide bonds. The van der Waals surface area contributed by atoms with Crippen molar-refractivity contribution in [2.75, 3.05) is 37.6 Å².